The molecule has 12 heteroatoms. The quantitative estimate of drug-likeness (QED) is 0.347. The van der Waals surface area contributed by atoms with Gasteiger partial charge in [0.15, 0.2) is 5.69 Å². The highest BCUT2D eigenvalue weighted by Crippen LogP contribution is 2.27. The SMILES string of the molecule is Cc1ccc(-c2c(C(=O)N/N=C\c3cccc(Cl)c3Cl)nnn2-c2nonc2N)cc1. The van der Waals surface area contributed by atoms with E-state index in [4.69, 9.17) is 28.9 Å². The summed E-state index contributed by atoms with van der Waals surface area (Å²) in [5, 5.41) is 19.9. The maximum atomic E-state index is 12.8. The summed E-state index contributed by atoms with van der Waals surface area (Å²) in [6.45, 7) is 1.95. The molecule has 0 atom stereocenters. The van der Waals surface area contributed by atoms with Gasteiger partial charge < -0.3 is 5.73 Å². The third kappa shape index (κ3) is 4.11. The van der Waals surface area contributed by atoms with Gasteiger partial charge in [-0.25, -0.2) is 10.1 Å². The van der Waals surface area contributed by atoms with Crippen molar-refractivity contribution < 1.29 is 9.42 Å². The number of nitrogens with one attached hydrogen (secondary N) is 1. The third-order valence-electron chi connectivity index (χ3n) is 4.26. The number of carbonyl (C=O) groups excluding carboxylic acids is 1. The molecular weight excluding hydrogens is 443 g/mol. The van der Waals surface area contributed by atoms with E-state index < -0.39 is 5.91 Å². The number of anilines is 1. The van der Waals surface area contributed by atoms with E-state index in [2.05, 4.69) is 35.8 Å². The largest absolute Gasteiger partial charge is 0.378 e. The van der Waals surface area contributed by atoms with Crippen LogP contribution in [0.25, 0.3) is 17.1 Å². The van der Waals surface area contributed by atoms with Crippen molar-refractivity contribution in [1.82, 2.24) is 30.7 Å². The highest BCUT2D eigenvalue weighted by atomic mass is 35.5. The molecule has 31 heavy (non-hydrogen) atoms. The molecular formula is C19H14Cl2N8O2. The maximum Gasteiger partial charge on any atom is 0.294 e. The summed E-state index contributed by atoms with van der Waals surface area (Å²) in [5.74, 6) is -0.499. The van der Waals surface area contributed by atoms with Crippen LogP contribution in [0.1, 0.15) is 21.6 Å². The maximum absolute atomic E-state index is 12.8. The lowest BCUT2D eigenvalue weighted by molar-refractivity contribution is 0.0950. The fourth-order valence-corrected chi connectivity index (χ4v) is 3.08. The molecule has 2 aromatic carbocycles. The minimum Gasteiger partial charge on any atom is -0.378 e. The molecule has 3 N–H and O–H groups in total. The summed E-state index contributed by atoms with van der Waals surface area (Å²) < 4.78 is 5.93. The molecule has 4 aromatic rings. The Kier molecular flexibility index (Phi) is 5.65. The van der Waals surface area contributed by atoms with Crippen molar-refractivity contribution in [2.75, 3.05) is 5.73 Å². The fourth-order valence-electron chi connectivity index (χ4n) is 2.72. The van der Waals surface area contributed by atoms with Crippen LogP contribution in [0.3, 0.4) is 0 Å². The Morgan fingerprint density at radius 1 is 1.19 bits per heavy atom. The first-order valence-corrected chi connectivity index (χ1v) is 9.60. The average molecular weight is 457 g/mol. The summed E-state index contributed by atoms with van der Waals surface area (Å²) >= 11 is 12.1. The monoisotopic (exact) mass is 456 g/mol. The molecule has 4 rings (SSSR count). The molecule has 0 fully saturated rings. The zero-order valence-electron chi connectivity index (χ0n) is 16.0. The molecule has 0 unspecified atom stereocenters. The number of halogens is 2. The van der Waals surface area contributed by atoms with Crippen LogP contribution in [0.15, 0.2) is 52.2 Å². The van der Waals surface area contributed by atoms with Crippen molar-refractivity contribution in [1.29, 1.82) is 0 Å². The second-order valence-corrected chi connectivity index (χ2v) is 7.16. The standard InChI is InChI=1S/C19H14Cl2N8O2/c1-10-5-7-11(8-6-10)16-15(24-28-29(16)18-17(22)26-31-27-18)19(30)25-23-9-12-3-2-4-13(20)14(12)21/h2-9H,1H3,(H2,22,26)(H,25,30)/b23-9-. The van der Waals surface area contributed by atoms with Crippen LogP contribution in [0.2, 0.25) is 10.0 Å². The van der Waals surface area contributed by atoms with Gasteiger partial charge in [-0.05, 0) is 23.3 Å². The van der Waals surface area contributed by atoms with Crippen LogP contribution >= 0.6 is 23.2 Å². The summed E-state index contributed by atoms with van der Waals surface area (Å²) in [5.41, 5.74) is 10.8. The second kappa shape index (κ2) is 8.54. The van der Waals surface area contributed by atoms with Gasteiger partial charge in [0.05, 0.1) is 16.3 Å². The van der Waals surface area contributed by atoms with Crippen molar-refractivity contribution in [3.63, 3.8) is 0 Å². The van der Waals surface area contributed by atoms with Gasteiger partial charge in [0.25, 0.3) is 5.91 Å². The van der Waals surface area contributed by atoms with Crippen LogP contribution in [0.5, 0.6) is 0 Å². The number of benzene rings is 2. The molecule has 0 spiro atoms. The summed E-state index contributed by atoms with van der Waals surface area (Å²) in [7, 11) is 0. The number of nitrogens with two attached hydrogens (primary N) is 1. The molecule has 0 saturated heterocycles. The Morgan fingerprint density at radius 3 is 2.68 bits per heavy atom. The second-order valence-electron chi connectivity index (χ2n) is 6.38. The first kappa shape index (κ1) is 20.5. The topological polar surface area (TPSA) is 137 Å². The zero-order valence-corrected chi connectivity index (χ0v) is 17.5. The van der Waals surface area contributed by atoms with Crippen LogP contribution in [0, 0.1) is 6.92 Å². The predicted molar refractivity (Wildman–Crippen MR) is 115 cm³/mol. The highest BCUT2D eigenvalue weighted by molar-refractivity contribution is 6.43. The molecule has 2 aromatic heterocycles. The average Bonchev–Trinajstić information content (AvgIpc) is 3.37. The Morgan fingerprint density at radius 2 is 1.97 bits per heavy atom. The number of aromatic nitrogens is 5. The Bertz CT molecular complexity index is 1280. The summed E-state index contributed by atoms with van der Waals surface area (Å²) in [4.78, 5) is 12.8. The molecule has 0 bridgehead atoms. The summed E-state index contributed by atoms with van der Waals surface area (Å²) in [6, 6.07) is 12.5. The van der Waals surface area contributed by atoms with Crippen molar-refractivity contribution in [2.45, 2.75) is 6.92 Å². The number of rotatable bonds is 5. The number of nitrogens with zero attached hydrogens (tertiary/aromatic N) is 6. The number of hydrazone groups is 1. The highest BCUT2D eigenvalue weighted by Gasteiger charge is 2.25. The van der Waals surface area contributed by atoms with Crippen LogP contribution in [-0.2, 0) is 0 Å². The molecule has 1 amide bonds. The van der Waals surface area contributed by atoms with Gasteiger partial charge in [0.1, 0.15) is 5.69 Å². The van der Waals surface area contributed by atoms with E-state index in [1.54, 1.807) is 18.2 Å². The van der Waals surface area contributed by atoms with Gasteiger partial charge in [-0.15, -0.1) is 5.10 Å². The van der Waals surface area contributed by atoms with E-state index in [1.165, 1.54) is 10.9 Å². The lowest BCUT2D eigenvalue weighted by atomic mass is 10.1. The van der Waals surface area contributed by atoms with Gasteiger partial charge in [-0.2, -0.15) is 9.78 Å². The zero-order chi connectivity index (χ0) is 22.0. The molecule has 10 nitrogen and oxygen atoms in total. The van der Waals surface area contributed by atoms with Crippen LogP contribution in [-0.4, -0.2) is 37.4 Å². The Hall–Kier alpha value is -3.76. The number of carbonyl (C=O) groups is 1. The minimum atomic E-state index is -0.605. The van der Waals surface area contributed by atoms with E-state index in [1.807, 2.05) is 31.2 Å². The first-order valence-electron chi connectivity index (χ1n) is 8.84. The number of amides is 1. The molecule has 0 aliphatic heterocycles. The molecule has 0 aliphatic rings. The molecule has 0 saturated carbocycles. The van der Waals surface area contributed by atoms with Crippen LogP contribution < -0.4 is 11.2 Å². The predicted octanol–water partition coefficient (Wildman–Crippen LogP) is 3.28. The molecule has 156 valence electrons. The number of hydrogen-bond acceptors (Lipinski definition) is 8. The van der Waals surface area contributed by atoms with Crippen LogP contribution in [0.4, 0.5) is 5.82 Å². The van der Waals surface area contributed by atoms with E-state index in [0.717, 1.165) is 5.56 Å². The van der Waals surface area contributed by atoms with Gasteiger partial charge >= 0.3 is 0 Å². The van der Waals surface area contributed by atoms with Gasteiger partial charge in [-0.3, -0.25) is 4.79 Å². The number of hydrogen-bond donors (Lipinski definition) is 2. The van der Waals surface area contributed by atoms with Crippen molar-refractivity contribution in [3.05, 3.63) is 69.3 Å². The molecule has 2 heterocycles. The van der Waals surface area contributed by atoms with E-state index >= 15 is 0 Å². The first-order chi connectivity index (χ1) is 15.0. The summed E-state index contributed by atoms with van der Waals surface area (Å²) in [6.07, 6.45) is 1.38. The smallest absolute Gasteiger partial charge is 0.294 e. The van der Waals surface area contributed by atoms with E-state index in [-0.39, 0.29) is 17.3 Å². The minimum absolute atomic E-state index is 0.000550. The lowest BCUT2D eigenvalue weighted by Gasteiger charge is -2.06. The van der Waals surface area contributed by atoms with E-state index in [9.17, 15) is 4.79 Å². The van der Waals surface area contributed by atoms with E-state index in [0.29, 0.717) is 26.9 Å². The Labute approximate surface area is 185 Å². The van der Waals surface area contributed by atoms with Crippen molar-refractivity contribution in [3.8, 4) is 17.1 Å². The lowest BCUT2D eigenvalue weighted by Crippen LogP contribution is -2.19. The van der Waals surface area contributed by atoms with Gasteiger partial charge in [0, 0.05) is 11.1 Å². The fraction of sp³-hybridized carbons (Fsp3) is 0.0526. The normalized spacial score (nSPS) is 11.2. The Balaban J connectivity index is 1.69. The molecule has 0 aliphatic carbocycles. The van der Waals surface area contributed by atoms with Gasteiger partial charge in [0.2, 0.25) is 11.6 Å². The number of nitrogen functional groups attached to an aromatic ring is 1. The molecule has 0 radical (unpaired) electrons. The van der Waals surface area contributed by atoms with Crippen molar-refractivity contribution >= 4 is 41.1 Å². The third-order valence-corrected chi connectivity index (χ3v) is 5.09. The van der Waals surface area contributed by atoms with Gasteiger partial charge in [-0.1, -0.05) is 70.4 Å². The number of aryl methyl sites for hydroxylation is 1. The van der Waals surface area contributed by atoms with Crippen molar-refractivity contribution in [2.24, 2.45) is 5.10 Å².